The standard InChI is InChI=1S/C25H29N2O5.Mg/c1-3-32-25(31)21(14-13-18-9-5-4-6-10-18)26-17(2)23(28)27-16-20-12-8-7-11-19(20)15-22(27)24(29)30;/h4-12,17,21-22H,3,13-16H2,1-2H3,(H,29,30);/q-1;+2/p-1/t17-,21-,22-;/m0./s1. The van der Waals surface area contributed by atoms with Crippen molar-refractivity contribution >= 4 is 40.9 Å². The number of nitrogens with zero attached hydrogens (tertiary/aromatic N) is 2. The van der Waals surface area contributed by atoms with Crippen LogP contribution in [-0.4, -0.2) is 70.5 Å². The molecule has 3 rings (SSSR count). The summed E-state index contributed by atoms with van der Waals surface area (Å²) >= 11 is 0. The number of carboxylic acids is 1. The maximum atomic E-state index is 13.2. The molecular formula is C25H28MgN2O5. The molecule has 0 aliphatic carbocycles. The predicted octanol–water partition coefficient (Wildman–Crippen LogP) is 1.64. The van der Waals surface area contributed by atoms with Gasteiger partial charge in [0.15, 0.2) is 0 Å². The number of fused-ring (bicyclic) bond motifs is 1. The van der Waals surface area contributed by atoms with Crippen molar-refractivity contribution in [2.75, 3.05) is 6.61 Å². The largest absolute Gasteiger partial charge is 2.00 e. The van der Waals surface area contributed by atoms with Gasteiger partial charge in [-0.05, 0) is 42.5 Å². The van der Waals surface area contributed by atoms with E-state index in [0.717, 1.165) is 16.7 Å². The number of rotatable bonds is 9. The normalized spacial score (nSPS) is 16.7. The van der Waals surface area contributed by atoms with E-state index in [0.29, 0.717) is 12.8 Å². The van der Waals surface area contributed by atoms with E-state index >= 15 is 0 Å². The summed E-state index contributed by atoms with van der Waals surface area (Å²) in [5.41, 5.74) is 2.85. The summed E-state index contributed by atoms with van der Waals surface area (Å²) in [6, 6.07) is 14.4. The van der Waals surface area contributed by atoms with Gasteiger partial charge in [-0.1, -0.05) is 74.0 Å². The number of carboxylic acid groups (broad SMARTS) is 1. The minimum atomic E-state index is -1.30. The Labute approximate surface area is 210 Å². The van der Waals surface area contributed by atoms with E-state index in [9.17, 15) is 19.5 Å². The molecule has 3 atom stereocenters. The van der Waals surface area contributed by atoms with Gasteiger partial charge in [-0.3, -0.25) is 9.59 Å². The van der Waals surface area contributed by atoms with Gasteiger partial charge in [0, 0.05) is 6.54 Å². The van der Waals surface area contributed by atoms with Crippen molar-refractivity contribution in [1.29, 1.82) is 0 Å². The molecule has 1 aliphatic heterocycles. The van der Waals surface area contributed by atoms with Crippen molar-refractivity contribution in [3.05, 3.63) is 76.6 Å². The van der Waals surface area contributed by atoms with E-state index in [1.807, 2.05) is 54.6 Å². The smallest absolute Gasteiger partial charge is 0.640 e. The van der Waals surface area contributed by atoms with Crippen LogP contribution in [0.3, 0.4) is 0 Å². The van der Waals surface area contributed by atoms with Crippen LogP contribution in [0.25, 0.3) is 5.32 Å². The van der Waals surface area contributed by atoms with Crippen LogP contribution in [0.2, 0.25) is 0 Å². The zero-order valence-corrected chi connectivity index (χ0v) is 20.5. The molecule has 1 heterocycles. The summed E-state index contributed by atoms with van der Waals surface area (Å²) in [7, 11) is 0. The number of aliphatic carboxylic acids is 1. The predicted molar refractivity (Wildman–Crippen MR) is 123 cm³/mol. The van der Waals surface area contributed by atoms with E-state index in [1.165, 1.54) is 4.90 Å². The van der Waals surface area contributed by atoms with E-state index in [1.54, 1.807) is 13.8 Å². The third kappa shape index (κ3) is 7.03. The van der Waals surface area contributed by atoms with Crippen LogP contribution in [0, 0.1) is 0 Å². The SMILES string of the molecule is CCOC(=O)[C@H](CCc1ccccc1)[N-][C@@H](C)C(=O)N1Cc2ccccc2C[C@H]1C(=O)[O-].[Mg+2]. The molecule has 1 amide bonds. The van der Waals surface area contributed by atoms with Gasteiger partial charge in [0.2, 0.25) is 5.91 Å². The zero-order chi connectivity index (χ0) is 23.1. The Bertz CT molecular complexity index is 953. The molecule has 0 N–H and O–H groups in total. The summed E-state index contributed by atoms with van der Waals surface area (Å²) in [5.74, 6) is -2.22. The molecule has 33 heavy (non-hydrogen) atoms. The molecule has 2 aromatic carbocycles. The fourth-order valence-corrected chi connectivity index (χ4v) is 3.98. The minimum Gasteiger partial charge on any atom is -0.640 e. The molecule has 0 bridgehead atoms. The number of hydrogen-bond donors (Lipinski definition) is 0. The molecule has 0 aromatic heterocycles. The monoisotopic (exact) mass is 460 g/mol. The van der Waals surface area contributed by atoms with E-state index in [4.69, 9.17) is 4.74 Å². The molecular weight excluding hydrogens is 433 g/mol. The number of esters is 1. The zero-order valence-electron chi connectivity index (χ0n) is 19.1. The Hall–Kier alpha value is -2.42. The molecule has 0 spiro atoms. The average Bonchev–Trinajstić information content (AvgIpc) is 2.80. The molecule has 170 valence electrons. The Kier molecular flexibility index (Phi) is 10.3. The molecule has 0 unspecified atom stereocenters. The van der Waals surface area contributed by atoms with Gasteiger partial charge in [0.05, 0.1) is 18.6 Å². The number of hydrogen-bond acceptors (Lipinski definition) is 5. The third-order valence-corrected chi connectivity index (χ3v) is 5.67. The van der Waals surface area contributed by atoms with E-state index < -0.39 is 36.0 Å². The van der Waals surface area contributed by atoms with Crippen LogP contribution in [0.15, 0.2) is 54.6 Å². The average molecular weight is 461 g/mol. The van der Waals surface area contributed by atoms with Crippen LogP contribution >= 0.6 is 0 Å². The van der Waals surface area contributed by atoms with Gasteiger partial charge in [-0.15, -0.1) is 0 Å². The minimum absolute atomic E-state index is 0. The molecule has 1 aliphatic rings. The first-order valence-electron chi connectivity index (χ1n) is 10.9. The van der Waals surface area contributed by atoms with Crippen molar-refractivity contribution in [3.63, 3.8) is 0 Å². The molecule has 7 nitrogen and oxygen atoms in total. The Morgan fingerprint density at radius 3 is 2.36 bits per heavy atom. The number of carbonyl (C=O) groups excluding carboxylic acids is 3. The van der Waals surface area contributed by atoms with Crippen LogP contribution < -0.4 is 5.11 Å². The second-order valence-electron chi connectivity index (χ2n) is 7.89. The third-order valence-electron chi connectivity index (χ3n) is 5.67. The van der Waals surface area contributed by atoms with Crippen LogP contribution in [0.4, 0.5) is 0 Å². The van der Waals surface area contributed by atoms with Gasteiger partial charge >= 0.3 is 23.1 Å². The number of benzene rings is 2. The van der Waals surface area contributed by atoms with Crippen molar-refractivity contribution in [3.8, 4) is 0 Å². The topological polar surface area (TPSA) is 101 Å². The fourth-order valence-electron chi connectivity index (χ4n) is 3.98. The summed E-state index contributed by atoms with van der Waals surface area (Å²) in [5, 5.41) is 16.2. The van der Waals surface area contributed by atoms with E-state index in [2.05, 4.69) is 5.32 Å². The molecule has 0 fully saturated rings. The van der Waals surface area contributed by atoms with Crippen molar-refractivity contribution in [2.24, 2.45) is 0 Å². The molecule has 8 heteroatoms. The van der Waals surface area contributed by atoms with Gasteiger partial charge < -0.3 is 24.9 Å². The second-order valence-corrected chi connectivity index (χ2v) is 7.89. The maximum Gasteiger partial charge on any atom is 2.00 e. The second kappa shape index (κ2) is 12.7. The maximum absolute atomic E-state index is 13.2. The molecule has 0 saturated carbocycles. The quantitative estimate of drug-likeness (QED) is 0.418. The number of ether oxygens (including phenoxy) is 1. The summed E-state index contributed by atoms with van der Waals surface area (Å²) in [6.45, 7) is 3.69. The van der Waals surface area contributed by atoms with Gasteiger partial charge in [0.1, 0.15) is 0 Å². The summed E-state index contributed by atoms with van der Waals surface area (Å²) in [4.78, 5) is 38.8. The Morgan fingerprint density at radius 1 is 1.09 bits per heavy atom. The number of amides is 1. The van der Waals surface area contributed by atoms with E-state index in [-0.39, 0.29) is 42.6 Å². The Morgan fingerprint density at radius 2 is 1.73 bits per heavy atom. The van der Waals surface area contributed by atoms with Crippen molar-refractivity contribution in [1.82, 2.24) is 4.90 Å². The first kappa shape index (κ1) is 26.8. The number of carbonyl (C=O) groups is 3. The molecule has 0 saturated heterocycles. The van der Waals surface area contributed by atoms with Crippen molar-refractivity contribution < 1.29 is 24.2 Å². The van der Waals surface area contributed by atoms with Gasteiger partial charge in [-0.2, -0.15) is 0 Å². The van der Waals surface area contributed by atoms with Crippen LogP contribution in [0.5, 0.6) is 0 Å². The summed E-state index contributed by atoms with van der Waals surface area (Å²) in [6.07, 6.45) is 1.19. The summed E-state index contributed by atoms with van der Waals surface area (Å²) < 4.78 is 5.16. The fraction of sp³-hybridized carbons (Fsp3) is 0.400. The Balaban J connectivity index is 0.00000385. The van der Waals surface area contributed by atoms with Crippen molar-refractivity contribution in [2.45, 2.75) is 57.8 Å². The van der Waals surface area contributed by atoms with Crippen LogP contribution in [0.1, 0.15) is 37.0 Å². The van der Waals surface area contributed by atoms with Crippen LogP contribution in [-0.2, 0) is 38.5 Å². The molecule has 0 radical (unpaired) electrons. The van der Waals surface area contributed by atoms with Gasteiger partial charge in [0.25, 0.3) is 5.97 Å². The first-order chi connectivity index (χ1) is 15.4. The number of aryl methyl sites for hydroxylation is 1. The first-order valence-corrected chi connectivity index (χ1v) is 10.9. The molecule has 2 aromatic rings. The van der Waals surface area contributed by atoms with Gasteiger partial charge in [-0.25, -0.2) is 0 Å².